The molecule has 142 valence electrons. The Morgan fingerprint density at radius 2 is 1.61 bits per heavy atom. The van der Waals surface area contributed by atoms with Crippen molar-refractivity contribution in [3.05, 3.63) is 82.8 Å². The molecule has 0 spiro atoms. The van der Waals surface area contributed by atoms with Crippen molar-refractivity contribution in [3.8, 4) is 0 Å². The van der Waals surface area contributed by atoms with E-state index < -0.39 is 6.04 Å². The average molecular weight is 374 g/mol. The number of hydrogen-bond acceptors (Lipinski definition) is 4. The Morgan fingerprint density at radius 1 is 0.964 bits per heavy atom. The van der Waals surface area contributed by atoms with Gasteiger partial charge in [0.25, 0.3) is 5.56 Å². The summed E-state index contributed by atoms with van der Waals surface area (Å²) in [6, 6.07) is 19.9. The van der Waals surface area contributed by atoms with Crippen molar-refractivity contribution >= 4 is 23.0 Å². The molecule has 1 amide bonds. The molecule has 4 rings (SSSR count). The first-order valence-electron chi connectivity index (χ1n) is 9.43. The number of para-hydroxylation sites is 1. The van der Waals surface area contributed by atoms with Crippen LogP contribution in [0.15, 0.2) is 71.5 Å². The van der Waals surface area contributed by atoms with E-state index in [2.05, 4.69) is 15.7 Å². The van der Waals surface area contributed by atoms with Gasteiger partial charge in [-0.15, -0.1) is 0 Å². The fourth-order valence-electron chi connectivity index (χ4n) is 3.00. The molecule has 2 N–H and O–H groups in total. The fraction of sp³-hybridized carbons (Fsp3) is 0.227. The van der Waals surface area contributed by atoms with Crippen LogP contribution in [0.3, 0.4) is 0 Å². The summed E-state index contributed by atoms with van der Waals surface area (Å²) < 4.78 is 1.27. The van der Waals surface area contributed by atoms with Crippen LogP contribution in [0.4, 0.5) is 17.1 Å². The second kappa shape index (κ2) is 7.68. The molecule has 1 atom stereocenters. The highest BCUT2D eigenvalue weighted by atomic mass is 16.2. The van der Waals surface area contributed by atoms with Crippen molar-refractivity contribution in [3.63, 3.8) is 0 Å². The van der Waals surface area contributed by atoms with E-state index in [0.717, 1.165) is 29.9 Å². The zero-order chi connectivity index (χ0) is 19.5. The van der Waals surface area contributed by atoms with Gasteiger partial charge in [-0.1, -0.05) is 18.2 Å². The van der Waals surface area contributed by atoms with Gasteiger partial charge in [0.1, 0.15) is 6.04 Å². The maximum Gasteiger partial charge on any atom is 0.267 e. The molecule has 0 saturated heterocycles. The summed E-state index contributed by atoms with van der Waals surface area (Å²) in [6.07, 6.45) is 2.18. The van der Waals surface area contributed by atoms with Crippen LogP contribution in [-0.2, 0) is 4.79 Å². The maximum atomic E-state index is 12.6. The highest BCUT2D eigenvalue weighted by Gasteiger charge is 2.27. The van der Waals surface area contributed by atoms with Gasteiger partial charge >= 0.3 is 0 Å². The van der Waals surface area contributed by atoms with Crippen LogP contribution in [0.1, 0.15) is 37.4 Å². The third-order valence-corrected chi connectivity index (χ3v) is 4.80. The summed E-state index contributed by atoms with van der Waals surface area (Å²) in [5, 5.41) is 10.5. The molecule has 0 radical (unpaired) electrons. The van der Waals surface area contributed by atoms with Crippen LogP contribution in [-0.4, -0.2) is 15.7 Å². The molecule has 28 heavy (non-hydrogen) atoms. The second-order valence-corrected chi connectivity index (χ2v) is 7.05. The normalized spacial score (nSPS) is 14.3. The van der Waals surface area contributed by atoms with Crippen molar-refractivity contribution in [1.82, 2.24) is 9.78 Å². The predicted octanol–water partition coefficient (Wildman–Crippen LogP) is 4.06. The largest absolute Gasteiger partial charge is 0.356 e. The van der Waals surface area contributed by atoms with Gasteiger partial charge in [0.05, 0.1) is 5.69 Å². The number of aromatic nitrogens is 2. The first-order valence-corrected chi connectivity index (χ1v) is 9.43. The first kappa shape index (κ1) is 18.0. The lowest BCUT2D eigenvalue weighted by molar-refractivity contribution is -0.119. The van der Waals surface area contributed by atoms with Gasteiger partial charge < -0.3 is 10.6 Å². The van der Waals surface area contributed by atoms with E-state index in [1.54, 1.807) is 13.0 Å². The number of carbonyl (C=O) groups is 1. The van der Waals surface area contributed by atoms with E-state index in [1.807, 2.05) is 54.6 Å². The molecule has 6 heteroatoms. The lowest BCUT2D eigenvalue weighted by Crippen LogP contribution is -2.33. The Balaban J connectivity index is 1.43. The predicted molar refractivity (Wildman–Crippen MR) is 110 cm³/mol. The molecule has 1 saturated carbocycles. The monoisotopic (exact) mass is 374 g/mol. The molecular formula is C22H22N4O2. The number of nitrogens with one attached hydrogen (secondary N) is 2. The molecule has 0 aliphatic heterocycles. The minimum atomic E-state index is -0.687. The van der Waals surface area contributed by atoms with E-state index in [4.69, 9.17) is 0 Å². The molecule has 6 nitrogen and oxygen atoms in total. The topological polar surface area (TPSA) is 76.0 Å². The summed E-state index contributed by atoms with van der Waals surface area (Å²) in [7, 11) is 0. The van der Waals surface area contributed by atoms with Gasteiger partial charge in [0, 0.05) is 29.0 Å². The van der Waals surface area contributed by atoms with Gasteiger partial charge in [-0.2, -0.15) is 5.10 Å². The van der Waals surface area contributed by atoms with E-state index in [1.165, 1.54) is 10.7 Å². The second-order valence-electron chi connectivity index (χ2n) is 7.05. The number of benzene rings is 2. The quantitative estimate of drug-likeness (QED) is 0.682. The number of anilines is 3. The van der Waals surface area contributed by atoms with Gasteiger partial charge in [-0.25, -0.2) is 4.68 Å². The van der Waals surface area contributed by atoms with Crippen molar-refractivity contribution in [2.75, 3.05) is 10.6 Å². The number of hydrogen-bond donors (Lipinski definition) is 2. The molecular weight excluding hydrogens is 352 g/mol. The summed E-state index contributed by atoms with van der Waals surface area (Å²) in [5.74, 6) is 0.151. The van der Waals surface area contributed by atoms with Gasteiger partial charge in [0.2, 0.25) is 5.91 Å². The van der Waals surface area contributed by atoms with Gasteiger partial charge in [-0.3, -0.25) is 9.59 Å². The van der Waals surface area contributed by atoms with E-state index in [-0.39, 0.29) is 11.5 Å². The molecule has 1 fully saturated rings. The molecule has 2 aromatic carbocycles. The number of nitrogens with zero attached hydrogens (tertiary/aromatic N) is 2. The number of amides is 1. The maximum absolute atomic E-state index is 12.6. The first-order chi connectivity index (χ1) is 13.6. The lowest BCUT2D eigenvalue weighted by Gasteiger charge is -2.15. The Hall–Kier alpha value is -3.41. The van der Waals surface area contributed by atoms with E-state index in [9.17, 15) is 9.59 Å². The third kappa shape index (κ3) is 4.11. The van der Waals surface area contributed by atoms with Gasteiger partial charge in [-0.05, 0) is 62.2 Å². The van der Waals surface area contributed by atoms with Crippen molar-refractivity contribution in [1.29, 1.82) is 0 Å². The average Bonchev–Trinajstić information content (AvgIpc) is 3.55. The molecule has 0 bridgehead atoms. The minimum absolute atomic E-state index is 0.269. The van der Waals surface area contributed by atoms with Crippen LogP contribution in [0.2, 0.25) is 0 Å². The molecule has 3 aromatic rings. The molecule has 1 aromatic heterocycles. The molecule has 1 heterocycles. The van der Waals surface area contributed by atoms with Gasteiger partial charge in [0.15, 0.2) is 0 Å². The van der Waals surface area contributed by atoms with E-state index >= 15 is 0 Å². The zero-order valence-corrected chi connectivity index (χ0v) is 15.6. The zero-order valence-electron chi connectivity index (χ0n) is 15.6. The van der Waals surface area contributed by atoms with Crippen molar-refractivity contribution in [2.24, 2.45) is 0 Å². The van der Waals surface area contributed by atoms with Crippen LogP contribution in [0.5, 0.6) is 0 Å². The van der Waals surface area contributed by atoms with Crippen LogP contribution >= 0.6 is 0 Å². The molecule has 1 aliphatic carbocycles. The summed E-state index contributed by atoms with van der Waals surface area (Å²) in [6.45, 7) is 1.69. The highest BCUT2D eigenvalue weighted by Crippen LogP contribution is 2.38. The third-order valence-electron chi connectivity index (χ3n) is 4.80. The summed E-state index contributed by atoms with van der Waals surface area (Å²) in [5.41, 5.74) is 3.20. The number of rotatable bonds is 6. The SMILES string of the molecule is CC(C(=O)Nc1ccc(Nc2ccccc2)cc1)n1nc(C2CC2)ccc1=O. The van der Waals surface area contributed by atoms with Crippen molar-refractivity contribution < 1.29 is 4.79 Å². The molecule has 1 aliphatic rings. The standard InChI is InChI=1S/C22H22N4O2/c1-15(26-21(27)14-13-20(25-26)16-7-8-16)22(28)24-19-11-9-18(10-12-19)23-17-5-3-2-4-6-17/h2-6,9-16,23H,7-8H2,1H3,(H,24,28). The van der Waals surface area contributed by atoms with Crippen LogP contribution < -0.4 is 16.2 Å². The Labute approximate surface area is 163 Å². The number of carbonyl (C=O) groups excluding carboxylic acids is 1. The smallest absolute Gasteiger partial charge is 0.267 e. The summed E-state index contributed by atoms with van der Waals surface area (Å²) in [4.78, 5) is 24.8. The lowest BCUT2D eigenvalue weighted by atomic mass is 10.2. The van der Waals surface area contributed by atoms with Crippen LogP contribution in [0.25, 0.3) is 0 Å². The highest BCUT2D eigenvalue weighted by molar-refractivity contribution is 5.93. The van der Waals surface area contributed by atoms with Crippen molar-refractivity contribution in [2.45, 2.75) is 31.7 Å². The minimum Gasteiger partial charge on any atom is -0.356 e. The van der Waals surface area contributed by atoms with Crippen LogP contribution in [0, 0.1) is 0 Å². The Morgan fingerprint density at radius 3 is 2.29 bits per heavy atom. The fourth-order valence-corrected chi connectivity index (χ4v) is 3.00. The molecule has 1 unspecified atom stereocenters. The Kier molecular flexibility index (Phi) is 4.93. The van der Waals surface area contributed by atoms with E-state index in [0.29, 0.717) is 11.6 Å². The Bertz CT molecular complexity index is 1020. The summed E-state index contributed by atoms with van der Waals surface area (Å²) >= 11 is 0.